The predicted molar refractivity (Wildman–Crippen MR) is 171 cm³/mol. The van der Waals surface area contributed by atoms with Gasteiger partial charge in [-0.1, -0.05) is 29.3 Å². The Morgan fingerprint density at radius 1 is 1.16 bits per heavy atom. The van der Waals surface area contributed by atoms with Crippen LogP contribution in [0.1, 0.15) is 30.7 Å². The molecule has 1 aliphatic heterocycles. The van der Waals surface area contributed by atoms with Gasteiger partial charge in [0.1, 0.15) is 31.2 Å². The average molecular weight is 906 g/mol. The van der Waals surface area contributed by atoms with Crippen LogP contribution in [0.25, 0.3) is 0 Å². The largest absolute Gasteiger partial charge is 0 e. The van der Waals surface area contributed by atoms with Gasteiger partial charge in [0.25, 0.3) is 6.47 Å². The summed E-state index contributed by atoms with van der Waals surface area (Å²) in [4.78, 5) is 45.0. The fourth-order valence-electron chi connectivity index (χ4n) is 4.37. The molecule has 2 heterocycles. The van der Waals surface area contributed by atoms with Crippen molar-refractivity contribution in [2.75, 3.05) is 31.1 Å². The van der Waals surface area contributed by atoms with Gasteiger partial charge in [-0.05, 0) is 43.5 Å². The molecule has 1 aromatic heterocycles. The van der Waals surface area contributed by atoms with Gasteiger partial charge < -0.3 is 34.1 Å². The number of hydrogen-bond acceptors (Lipinski definition) is 10. The number of anilines is 1. The first-order chi connectivity index (χ1) is 23.6. The normalized spacial score (nSPS) is 12.2. The Kier molecular flexibility index (Phi) is 27.5. The first-order valence-corrected chi connectivity index (χ1v) is 15.3. The van der Waals surface area contributed by atoms with Crippen molar-refractivity contribution in [3.05, 3.63) is 68.0 Å². The zero-order chi connectivity index (χ0) is 37.2. The predicted octanol–water partition coefficient (Wildman–Crippen LogP) is 0.270. The molecule has 2 unspecified atom stereocenters. The van der Waals surface area contributed by atoms with Crippen molar-refractivity contribution >= 4 is 64.6 Å². The summed E-state index contributed by atoms with van der Waals surface area (Å²) in [5, 5.41) is 21.9. The first-order valence-electron chi connectivity index (χ1n) is 13.9. The second-order valence-electron chi connectivity index (χ2n) is 9.54. The topological polar surface area (TPSA) is 261 Å². The van der Waals surface area contributed by atoms with Crippen LogP contribution in [-0.4, -0.2) is 106 Å². The van der Waals surface area contributed by atoms with Gasteiger partial charge in [-0.3, -0.25) is 18.7 Å². The average Bonchev–Trinajstić information content (AvgIpc) is 3.72. The summed E-state index contributed by atoms with van der Waals surface area (Å²) < 4.78 is 54.4. The summed E-state index contributed by atoms with van der Waals surface area (Å²) in [6.07, 6.45) is 6.70. The maximum atomic E-state index is 11.9. The Bertz CT molecular complexity index is 1500. The van der Waals surface area contributed by atoms with E-state index >= 15 is 0 Å². The molecule has 0 amide bonds. The van der Waals surface area contributed by atoms with E-state index in [-0.39, 0.29) is 33.7 Å². The number of carboxylic acid groups (broad SMARTS) is 2. The maximum Gasteiger partial charge on any atom is 0 e. The molecule has 269 valence electrons. The van der Waals surface area contributed by atoms with E-state index in [1.165, 1.54) is 6.20 Å². The molecule has 0 bridgehead atoms. The van der Waals surface area contributed by atoms with Crippen LogP contribution in [0.4, 0.5) is 5.69 Å². The summed E-state index contributed by atoms with van der Waals surface area (Å²) in [5.74, 6) is -0.789. The number of imidazole rings is 1. The smallest absolute Gasteiger partial charge is 0 e. The monoisotopic (exact) mass is 906 g/mol. The molecule has 2 atom stereocenters. The van der Waals surface area contributed by atoms with Gasteiger partial charge in [-0.2, -0.15) is 4.58 Å². The number of hydrogen-bond donors (Lipinski definition) is 4. The van der Waals surface area contributed by atoms with Crippen molar-refractivity contribution in [3.63, 3.8) is 0 Å². The number of unbranched alkanes of at least 4 members (excludes halogenated alkanes) is 1. The number of thiocarbonyl (C=S) groups is 1. The van der Waals surface area contributed by atoms with Crippen molar-refractivity contribution < 1.29 is 77.1 Å². The van der Waals surface area contributed by atoms with E-state index in [1.807, 2.05) is 4.90 Å². The van der Waals surface area contributed by atoms with E-state index in [4.69, 9.17) is 30.9 Å². The Hall–Kier alpha value is -4.18. The van der Waals surface area contributed by atoms with Gasteiger partial charge in [0, 0.05) is 56.2 Å². The van der Waals surface area contributed by atoms with E-state index in [0.29, 0.717) is 80.7 Å². The molecule has 2 aromatic rings. The van der Waals surface area contributed by atoms with Gasteiger partial charge in [-0.25, -0.2) is 9.78 Å². The summed E-state index contributed by atoms with van der Waals surface area (Å²) in [7, 11) is 0. The van der Waals surface area contributed by atoms with E-state index in [9.17, 15) is 33.4 Å². The first kappa shape index (κ1) is 47.9. The second kappa shape index (κ2) is 28.6. The molecule has 1 radical (unpaired) electrons. The van der Waals surface area contributed by atoms with Crippen LogP contribution in [-0.2, 0) is 84.3 Å². The van der Waals surface area contributed by atoms with Gasteiger partial charge in [-0.15, -0.1) is 0 Å². The molecule has 1 aliphatic rings. The minimum atomic E-state index is -2.43. The molecule has 18 nitrogen and oxygen atoms in total. The van der Waals surface area contributed by atoms with Crippen LogP contribution in [0.2, 0.25) is 0 Å². The molecular formula is C29H33N7O11ReS2. The van der Waals surface area contributed by atoms with Gasteiger partial charge >= 0.3 is 51.7 Å². The second-order valence-corrected chi connectivity index (χ2v) is 10.7. The Balaban J connectivity index is 0. The number of aliphatic imine (C=N–C) groups is 1. The summed E-state index contributed by atoms with van der Waals surface area (Å²) in [5.41, 5.74) is 1.19. The molecule has 3 rings (SSSR count). The number of nitrogens with zero attached hydrogens (tertiary/aromatic N) is 5. The van der Waals surface area contributed by atoms with Crippen molar-refractivity contribution in [1.29, 1.82) is 0 Å². The number of benzene rings is 1. The van der Waals surface area contributed by atoms with Crippen molar-refractivity contribution in [2.45, 2.75) is 44.8 Å². The van der Waals surface area contributed by atoms with Crippen molar-refractivity contribution in [1.82, 2.24) is 19.8 Å². The number of nitrogens with one attached hydrogen (secondary N) is 2. The van der Waals surface area contributed by atoms with E-state index < -0.39 is 29.2 Å². The van der Waals surface area contributed by atoms with Crippen LogP contribution in [0.3, 0.4) is 0 Å². The molecule has 50 heavy (non-hydrogen) atoms. The maximum absolute atomic E-state index is 11.9. The van der Waals surface area contributed by atoms with Gasteiger partial charge in [0.2, 0.25) is 6.73 Å². The quantitative estimate of drug-likeness (QED) is 0.0266. The molecule has 1 aromatic carbocycles. The number of ether oxygens (including phenoxy) is 1. The number of aromatic nitrogens is 2. The number of carboxylic acids is 2. The Morgan fingerprint density at radius 2 is 1.82 bits per heavy atom. The van der Waals surface area contributed by atoms with Crippen LogP contribution in [0.15, 0.2) is 41.7 Å². The van der Waals surface area contributed by atoms with E-state index in [2.05, 4.69) is 40.0 Å². The summed E-state index contributed by atoms with van der Waals surface area (Å²) in [6, 6.07) is 5.68. The standard InChI is InChI=1S/C26H33N7O8S2.3CO.Re/c34-18-41-17-33-12-9-28-23(33)15-31(14-22-27-8-11-32(22)16-25(35)36)10-2-1-3-21(26(37)38)29-24(42)13-19-4-6-20(7-5-19)30-43(39)40;3*1-2;/h4-8,11-12,18,21,30H,1-3,9-10,13-17H2,(H3-,29,35,36,37,38,39,40,42);;;;. The molecule has 0 fully saturated rings. The van der Waals surface area contributed by atoms with Crippen LogP contribution in [0, 0.1) is 20.0 Å². The fraction of sp³-hybridized carbons (Fsp3) is 0.379. The molecule has 0 spiro atoms. The Morgan fingerprint density at radius 3 is 2.40 bits per heavy atom. The van der Waals surface area contributed by atoms with Crippen molar-refractivity contribution in [2.24, 2.45) is 4.99 Å². The molecule has 4 N–H and O–H groups in total. The number of carbonyl (C=O) groups is 3. The minimum Gasteiger partial charge on any atom is 0 e. The molecule has 0 saturated heterocycles. The third-order valence-electron chi connectivity index (χ3n) is 6.40. The van der Waals surface area contributed by atoms with Crippen LogP contribution < -0.4 is 10.0 Å². The van der Waals surface area contributed by atoms with Crippen LogP contribution in [0.5, 0.6) is 0 Å². The third kappa shape index (κ3) is 19.1. The van der Waals surface area contributed by atoms with E-state index in [1.54, 1.807) is 45.8 Å². The van der Waals surface area contributed by atoms with Gasteiger partial charge in [0.15, 0.2) is 6.54 Å². The molecule has 21 heteroatoms. The van der Waals surface area contributed by atoms with Crippen LogP contribution >= 0.6 is 12.2 Å². The summed E-state index contributed by atoms with van der Waals surface area (Å²) in [6.45, 7) is 15.3. The zero-order valence-electron chi connectivity index (χ0n) is 26.3. The fourth-order valence-corrected chi connectivity index (χ4v) is 5.01. The number of amidine groups is 1. The molecular weight excluding hydrogens is 873 g/mol. The number of aliphatic carboxylic acids is 2. The summed E-state index contributed by atoms with van der Waals surface area (Å²) >= 11 is 2.95. The zero-order valence-corrected chi connectivity index (χ0v) is 30.6. The molecule has 0 aliphatic carbocycles. The molecule has 0 saturated carbocycles. The van der Waals surface area contributed by atoms with Crippen molar-refractivity contribution in [3.8, 4) is 0 Å². The minimum absolute atomic E-state index is 0. The van der Waals surface area contributed by atoms with Gasteiger partial charge in [0.05, 0.1) is 11.5 Å². The number of rotatable bonds is 20. The Labute approximate surface area is 309 Å². The third-order valence-corrected chi connectivity index (χ3v) is 7.06. The van der Waals surface area contributed by atoms with E-state index in [0.717, 1.165) is 5.56 Å². The SMILES string of the molecule is O=COC[N+]1=CCN=C1CN(CCCCC(NC(=S)Cc1ccc(NS(=O)[O-])cc1)C(=O)O)Cc1nccn1CC(=O)O.[C-]#[O+].[C-]#[O+].[C-]#[O+].[Re]. The number of carbonyl (C=O) groups excluding carboxylic acids is 1.